The number of hydrogen-bond donors (Lipinski definition) is 2. The van der Waals surface area contributed by atoms with Crippen LogP contribution in [0.5, 0.6) is 11.5 Å². The molecule has 0 bridgehead atoms. The van der Waals surface area contributed by atoms with E-state index in [-0.39, 0.29) is 24.5 Å². The van der Waals surface area contributed by atoms with E-state index < -0.39 is 5.97 Å². The minimum absolute atomic E-state index is 0.00892. The maximum Gasteiger partial charge on any atom is 0.338 e. The van der Waals surface area contributed by atoms with Crippen molar-refractivity contribution in [2.24, 2.45) is 0 Å². The smallest absolute Gasteiger partial charge is 0.338 e. The SMILES string of the molecule is CN[C@H](C/C=C/c1cncc(OC(C)C)c1)COC(=O)c1ccc(O)cc1. The van der Waals surface area contributed by atoms with Gasteiger partial charge in [-0.1, -0.05) is 12.2 Å². The highest BCUT2D eigenvalue weighted by Gasteiger charge is 2.11. The Morgan fingerprint density at radius 3 is 2.67 bits per heavy atom. The molecule has 0 amide bonds. The zero-order valence-corrected chi connectivity index (χ0v) is 15.9. The maximum atomic E-state index is 12.0. The van der Waals surface area contributed by atoms with Crippen molar-refractivity contribution >= 4 is 12.0 Å². The van der Waals surface area contributed by atoms with Crippen molar-refractivity contribution in [2.45, 2.75) is 32.4 Å². The summed E-state index contributed by atoms with van der Waals surface area (Å²) in [6.07, 6.45) is 8.22. The average Bonchev–Trinajstić information content (AvgIpc) is 2.64. The maximum absolute atomic E-state index is 12.0. The monoisotopic (exact) mass is 370 g/mol. The summed E-state index contributed by atoms with van der Waals surface area (Å²) in [4.78, 5) is 16.2. The fraction of sp³-hybridized carbons (Fsp3) is 0.333. The topological polar surface area (TPSA) is 80.7 Å². The Hall–Kier alpha value is -2.86. The van der Waals surface area contributed by atoms with Crippen molar-refractivity contribution in [3.63, 3.8) is 0 Å². The third-order valence-corrected chi connectivity index (χ3v) is 3.76. The molecule has 1 aromatic carbocycles. The number of carbonyl (C=O) groups is 1. The number of carbonyl (C=O) groups excluding carboxylic acids is 1. The quantitative estimate of drug-likeness (QED) is 0.658. The molecule has 6 nitrogen and oxygen atoms in total. The normalized spacial score (nSPS) is 12.3. The highest BCUT2D eigenvalue weighted by molar-refractivity contribution is 5.89. The molecule has 144 valence electrons. The summed E-state index contributed by atoms with van der Waals surface area (Å²) in [5.41, 5.74) is 1.36. The van der Waals surface area contributed by atoms with Crippen LogP contribution in [0.25, 0.3) is 6.08 Å². The number of hydrogen-bond acceptors (Lipinski definition) is 6. The Morgan fingerprint density at radius 1 is 1.26 bits per heavy atom. The summed E-state index contributed by atoms with van der Waals surface area (Å²) in [5.74, 6) is 0.434. The molecule has 0 unspecified atom stereocenters. The number of ether oxygens (including phenoxy) is 2. The van der Waals surface area contributed by atoms with Crippen LogP contribution >= 0.6 is 0 Å². The summed E-state index contributed by atoms with van der Waals surface area (Å²) in [7, 11) is 1.82. The molecule has 0 saturated carbocycles. The Labute approximate surface area is 159 Å². The number of esters is 1. The zero-order chi connectivity index (χ0) is 19.6. The number of pyridine rings is 1. The lowest BCUT2D eigenvalue weighted by Gasteiger charge is -2.14. The number of phenols is 1. The van der Waals surface area contributed by atoms with Gasteiger partial charge in [-0.3, -0.25) is 4.98 Å². The molecule has 1 heterocycles. The molecule has 0 radical (unpaired) electrons. The van der Waals surface area contributed by atoms with Crippen LogP contribution in [0.4, 0.5) is 0 Å². The number of nitrogens with zero attached hydrogens (tertiary/aromatic N) is 1. The molecule has 2 aromatic rings. The minimum Gasteiger partial charge on any atom is -0.508 e. The summed E-state index contributed by atoms with van der Waals surface area (Å²) in [5, 5.41) is 12.4. The van der Waals surface area contributed by atoms with Crippen molar-refractivity contribution in [2.75, 3.05) is 13.7 Å². The van der Waals surface area contributed by atoms with E-state index in [9.17, 15) is 9.90 Å². The number of nitrogens with one attached hydrogen (secondary N) is 1. The van der Waals surface area contributed by atoms with Gasteiger partial charge >= 0.3 is 5.97 Å². The summed E-state index contributed by atoms with van der Waals surface area (Å²) < 4.78 is 11.0. The number of benzene rings is 1. The van der Waals surface area contributed by atoms with Gasteiger partial charge in [-0.25, -0.2) is 4.79 Å². The van der Waals surface area contributed by atoms with Gasteiger partial charge in [0.2, 0.25) is 0 Å². The Kier molecular flexibility index (Phi) is 7.82. The van der Waals surface area contributed by atoms with Gasteiger partial charge in [-0.15, -0.1) is 0 Å². The number of aromatic nitrogens is 1. The van der Waals surface area contributed by atoms with Crippen LogP contribution in [0, 0.1) is 0 Å². The Balaban J connectivity index is 1.85. The number of likely N-dealkylation sites (N-methyl/N-ethyl adjacent to an activating group) is 1. The van der Waals surface area contributed by atoms with E-state index in [0.717, 1.165) is 11.3 Å². The lowest BCUT2D eigenvalue weighted by Crippen LogP contribution is -2.30. The van der Waals surface area contributed by atoms with Gasteiger partial charge in [-0.05, 0) is 63.2 Å². The third-order valence-electron chi connectivity index (χ3n) is 3.76. The lowest BCUT2D eigenvalue weighted by molar-refractivity contribution is 0.0469. The van der Waals surface area contributed by atoms with Gasteiger partial charge in [0.15, 0.2) is 0 Å². The largest absolute Gasteiger partial charge is 0.508 e. The predicted octanol–water partition coefficient (Wildman–Crippen LogP) is 3.42. The first kappa shape index (κ1) is 20.5. The second-order valence-corrected chi connectivity index (χ2v) is 6.39. The number of rotatable bonds is 9. The fourth-order valence-corrected chi connectivity index (χ4v) is 2.36. The van der Waals surface area contributed by atoms with Crippen LogP contribution < -0.4 is 10.1 Å². The van der Waals surface area contributed by atoms with E-state index in [1.54, 1.807) is 12.4 Å². The lowest BCUT2D eigenvalue weighted by atomic mass is 10.1. The van der Waals surface area contributed by atoms with Crippen LogP contribution in [0.2, 0.25) is 0 Å². The van der Waals surface area contributed by atoms with E-state index in [4.69, 9.17) is 9.47 Å². The van der Waals surface area contributed by atoms with Crippen LogP contribution in [0.3, 0.4) is 0 Å². The molecule has 27 heavy (non-hydrogen) atoms. The van der Waals surface area contributed by atoms with Crippen molar-refractivity contribution in [3.05, 3.63) is 59.9 Å². The minimum atomic E-state index is -0.415. The molecule has 6 heteroatoms. The zero-order valence-electron chi connectivity index (χ0n) is 15.9. The molecule has 0 aliphatic rings. The van der Waals surface area contributed by atoms with E-state index in [0.29, 0.717) is 12.0 Å². The number of aromatic hydroxyl groups is 1. The molecule has 0 aliphatic heterocycles. The van der Waals surface area contributed by atoms with Crippen LogP contribution in [-0.4, -0.2) is 41.9 Å². The second kappa shape index (κ2) is 10.3. The first-order chi connectivity index (χ1) is 13.0. The number of phenolic OH excluding ortho intramolecular Hbond substituents is 1. The molecular formula is C21H26N2O4. The molecular weight excluding hydrogens is 344 g/mol. The third kappa shape index (κ3) is 7.11. The molecule has 0 fully saturated rings. The molecule has 1 atom stereocenters. The van der Waals surface area contributed by atoms with Gasteiger partial charge in [0.25, 0.3) is 0 Å². The van der Waals surface area contributed by atoms with Crippen molar-refractivity contribution < 1.29 is 19.4 Å². The first-order valence-corrected chi connectivity index (χ1v) is 8.89. The molecule has 2 N–H and O–H groups in total. The molecule has 0 aliphatic carbocycles. The first-order valence-electron chi connectivity index (χ1n) is 8.89. The van der Waals surface area contributed by atoms with Crippen molar-refractivity contribution in [3.8, 4) is 11.5 Å². The van der Waals surface area contributed by atoms with Gasteiger partial charge in [0, 0.05) is 12.2 Å². The summed E-state index contributed by atoms with van der Waals surface area (Å²) >= 11 is 0. The Bertz CT molecular complexity index is 757. The molecule has 0 saturated heterocycles. The molecule has 1 aromatic heterocycles. The molecule has 2 rings (SSSR count). The van der Waals surface area contributed by atoms with Gasteiger partial charge in [0.05, 0.1) is 17.9 Å². The van der Waals surface area contributed by atoms with Gasteiger partial charge in [-0.2, -0.15) is 0 Å². The van der Waals surface area contributed by atoms with Crippen LogP contribution in [0.1, 0.15) is 36.2 Å². The van der Waals surface area contributed by atoms with Crippen LogP contribution in [-0.2, 0) is 4.74 Å². The highest BCUT2D eigenvalue weighted by Crippen LogP contribution is 2.15. The van der Waals surface area contributed by atoms with E-state index in [2.05, 4.69) is 10.3 Å². The van der Waals surface area contributed by atoms with E-state index in [1.807, 2.05) is 39.1 Å². The van der Waals surface area contributed by atoms with E-state index >= 15 is 0 Å². The fourth-order valence-electron chi connectivity index (χ4n) is 2.36. The summed E-state index contributed by atoms with van der Waals surface area (Å²) in [6, 6.07) is 7.91. The van der Waals surface area contributed by atoms with Crippen molar-refractivity contribution in [1.29, 1.82) is 0 Å². The predicted molar refractivity (Wildman–Crippen MR) is 105 cm³/mol. The van der Waals surface area contributed by atoms with E-state index in [1.165, 1.54) is 24.3 Å². The highest BCUT2D eigenvalue weighted by atomic mass is 16.5. The Morgan fingerprint density at radius 2 is 2.00 bits per heavy atom. The van der Waals surface area contributed by atoms with Crippen molar-refractivity contribution in [1.82, 2.24) is 10.3 Å². The average molecular weight is 370 g/mol. The molecule has 0 spiro atoms. The van der Waals surface area contributed by atoms with Gasteiger partial charge < -0.3 is 19.9 Å². The summed E-state index contributed by atoms with van der Waals surface area (Å²) in [6.45, 7) is 4.19. The van der Waals surface area contributed by atoms with Gasteiger partial charge in [0.1, 0.15) is 18.1 Å². The second-order valence-electron chi connectivity index (χ2n) is 6.39. The van der Waals surface area contributed by atoms with Crippen LogP contribution in [0.15, 0.2) is 48.8 Å². The standard InChI is InChI=1S/C21H26N2O4/c1-15(2)27-20-11-16(12-23-13-20)5-4-6-18(22-3)14-26-21(25)17-7-9-19(24)10-8-17/h4-5,7-13,15,18,22,24H,6,14H2,1-3H3/b5-4+/t18-/m1/s1.